The van der Waals surface area contributed by atoms with Crippen LogP contribution in [0.25, 0.3) is 10.9 Å². The monoisotopic (exact) mass is 211 g/mol. The van der Waals surface area contributed by atoms with E-state index in [4.69, 9.17) is 0 Å². The van der Waals surface area contributed by atoms with Gasteiger partial charge in [0.25, 0.3) is 0 Å². The van der Waals surface area contributed by atoms with Crippen molar-refractivity contribution in [1.29, 1.82) is 0 Å². The molecule has 15 heavy (non-hydrogen) atoms. The van der Waals surface area contributed by atoms with Crippen molar-refractivity contribution in [3.63, 3.8) is 0 Å². The van der Waals surface area contributed by atoms with Gasteiger partial charge in [-0.1, -0.05) is 0 Å². The smallest absolute Gasteiger partial charge is 0.418 e. The van der Waals surface area contributed by atoms with E-state index in [0.29, 0.717) is 5.39 Å². The van der Waals surface area contributed by atoms with Gasteiger partial charge in [-0.15, -0.1) is 0 Å². The highest BCUT2D eigenvalue weighted by atomic mass is 19.1. The van der Waals surface area contributed by atoms with Crippen LogP contribution in [-0.2, 0) is 4.74 Å². The summed E-state index contributed by atoms with van der Waals surface area (Å²) in [4.78, 5) is 11.2. The molecule has 0 bridgehead atoms. The molecule has 0 atom stereocenters. The van der Waals surface area contributed by atoms with E-state index in [2.05, 4.69) is 4.74 Å². The molecule has 0 saturated heterocycles. The summed E-state index contributed by atoms with van der Waals surface area (Å²) < 4.78 is 31.6. The number of halogens is 2. The Hall–Kier alpha value is -1.91. The Morgan fingerprint density at radius 2 is 2.13 bits per heavy atom. The minimum atomic E-state index is -0.791. The first-order chi connectivity index (χ1) is 7.13. The fraction of sp³-hybridized carbons (Fsp3) is 0.100. The summed E-state index contributed by atoms with van der Waals surface area (Å²) in [6, 6.07) is 3.32. The molecule has 2 aromatic rings. The fourth-order valence-corrected chi connectivity index (χ4v) is 1.45. The summed E-state index contributed by atoms with van der Waals surface area (Å²) in [7, 11) is 1.19. The molecule has 0 aliphatic heterocycles. The van der Waals surface area contributed by atoms with Gasteiger partial charge in [0, 0.05) is 17.6 Å². The van der Waals surface area contributed by atoms with Crippen molar-refractivity contribution in [2.75, 3.05) is 7.11 Å². The number of rotatable bonds is 0. The lowest BCUT2D eigenvalue weighted by atomic mass is 10.2. The van der Waals surface area contributed by atoms with Gasteiger partial charge in [-0.05, 0) is 12.1 Å². The van der Waals surface area contributed by atoms with Crippen LogP contribution in [0, 0.1) is 11.6 Å². The zero-order chi connectivity index (χ0) is 11.0. The van der Waals surface area contributed by atoms with Crippen molar-refractivity contribution in [1.82, 2.24) is 4.57 Å². The topological polar surface area (TPSA) is 31.2 Å². The molecule has 0 unspecified atom stereocenters. The maximum atomic E-state index is 13.4. The SMILES string of the molecule is COC(=O)n1ccc2cc(F)cc(F)c21. The number of benzene rings is 1. The summed E-state index contributed by atoms with van der Waals surface area (Å²) in [5, 5.41) is 0.318. The molecule has 5 heteroatoms. The van der Waals surface area contributed by atoms with Gasteiger partial charge in [-0.25, -0.2) is 18.1 Å². The van der Waals surface area contributed by atoms with Crippen molar-refractivity contribution < 1.29 is 18.3 Å². The van der Waals surface area contributed by atoms with E-state index in [1.165, 1.54) is 19.4 Å². The molecular formula is C10H7F2NO2. The quantitative estimate of drug-likeness (QED) is 0.670. The van der Waals surface area contributed by atoms with Crippen molar-refractivity contribution in [3.8, 4) is 0 Å². The zero-order valence-electron chi connectivity index (χ0n) is 7.83. The standard InChI is InChI=1S/C10H7F2NO2/c1-15-10(14)13-3-2-6-4-7(11)5-8(12)9(6)13/h2-5H,1H3. The van der Waals surface area contributed by atoms with Crippen molar-refractivity contribution in [2.24, 2.45) is 0 Å². The predicted octanol–water partition coefficient (Wildman–Crippen LogP) is 2.53. The third-order valence-corrected chi connectivity index (χ3v) is 2.07. The highest BCUT2D eigenvalue weighted by Crippen LogP contribution is 2.21. The highest BCUT2D eigenvalue weighted by Gasteiger charge is 2.13. The molecular weight excluding hydrogens is 204 g/mol. The Bertz CT molecular complexity index is 533. The second-order valence-corrected chi connectivity index (χ2v) is 2.98. The van der Waals surface area contributed by atoms with Crippen LogP contribution in [0.4, 0.5) is 13.6 Å². The molecule has 0 saturated carbocycles. The van der Waals surface area contributed by atoms with E-state index >= 15 is 0 Å². The average molecular weight is 211 g/mol. The van der Waals surface area contributed by atoms with Crippen molar-refractivity contribution in [2.45, 2.75) is 0 Å². The maximum absolute atomic E-state index is 13.4. The first-order valence-electron chi connectivity index (χ1n) is 4.18. The number of methoxy groups -OCH3 is 1. The Morgan fingerprint density at radius 3 is 2.80 bits per heavy atom. The molecule has 0 spiro atoms. The van der Waals surface area contributed by atoms with Gasteiger partial charge in [0.2, 0.25) is 0 Å². The summed E-state index contributed by atoms with van der Waals surface area (Å²) in [5.74, 6) is -1.47. The first-order valence-corrected chi connectivity index (χ1v) is 4.18. The van der Waals surface area contributed by atoms with E-state index in [0.717, 1.165) is 16.7 Å². The van der Waals surface area contributed by atoms with Crippen LogP contribution in [0.1, 0.15) is 0 Å². The number of hydrogen-bond acceptors (Lipinski definition) is 2. The minimum Gasteiger partial charge on any atom is -0.452 e. The number of hydrogen-bond donors (Lipinski definition) is 0. The summed E-state index contributed by atoms with van der Waals surface area (Å²) in [5.41, 5.74) is 0.0169. The van der Waals surface area contributed by atoms with Crippen LogP contribution in [0.2, 0.25) is 0 Å². The van der Waals surface area contributed by atoms with E-state index in [1.807, 2.05) is 0 Å². The van der Waals surface area contributed by atoms with Crippen LogP contribution in [0.5, 0.6) is 0 Å². The molecule has 0 fully saturated rings. The van der Waals surface area contributed by atoms with Crippen LogP contribution in [0.15, 0.2) is 24.4 Å². The second-order valence-electron chi connectivity index (χ2n) is 2.98. The molecule has 0 N–H and O–H groups in total. The average Bonchev–Trinajstić information content (AvgIpc) is 2.60. The second kappa shape index (κ2) is 3.34. The van der Waals surface area contributed by atoms with Crippen molar-refractivity contribution >= 4 is 17.0 Å². The molecule has 0 radical (unpaired) electrons. The van der Waals surface area contributed by atoms with Gasteiger partial charge in [-0.2, -0.15) is 0 Å². The first kappa shape index (κ1) is 9.64. The highest BCUT2D eigenvalue weighted by molar-refractivity contribution is 5.89. The summed E-state index contributed by atoms with van der Waals surface area (Å²) in [6.07, 6.45) is 0.620. The molecule has 2 rings (SSSR count). The predicted molar refractivity (Wildman–Crippen MR) is 49.7 cm³/mol. The summed E-state index contributed by atoms with van der Waals surface area (Å²) in [6.45, 7) is 0. The van der Waals surface area contributed by atoms with Crippen LogP contribution in [-0.4, -0.2) is 17.8 Å². The molecule has 0 amide bonds. The Balaban J connectivity index is 2.74. The third kappa shape index (κ3) is 1.45. The molecule has 78 valence electrons. The number of carbonyl (C=O) groups excluding carboxylic acids is 1. The molecule has 3 nitrogen and oxygen atoms in total. The van der Waals surface area contributed by atoms with Gasteiger partial charge in [0.15, 0.2) is 5.82 Å². The lowest BCUT2D eigenvalue weighted by Gasteiger charge is -2.02. The van der Waals surface area contributed by atoms with Gasteiger partial charge in [0.05, 0.1) is 12.6 Å². The normalized spacial score (nSPS) is 10.6. The van der Waals surface area contributed by atoms with Gasteiger partial charge in [-0.3, -0.25) is 0 Å². The number of carbonyl (C=O) groups is 1. The Labute approximate surface area is 83.9 Å². The summed E-state index contributed by atoms with van der Waals surface area (Å²) >= 11 is 0. The number of ether oxygens (including phenoxy) is 1. The Morgan fingerprint density at radius 1 is 1.40 bits per heavy atom. The largest absolute Gasteiger partial charge is 0.452 e. The van der Waals surface area contributed by atoms with E-state index in [9.17, 15) is 13.6 Å². The Kier molecular flexibility index (Phi) is 2.15. The molecule has 1 aromatic heterocycles. The van der Waals surface area contributed by atoms with Crippen LogP contribution < -0.4 is 0 Å². The van der Waals surface area contributed by atoms with Crippen molar-refractivity contribution in [3.05, 3.63) is 36.0 Å². The fourth-order valence-electron chi connectivity index (χ4n) is 1.45. The van der Waals surface area contributed by atoms with E-state index < -0.39 is 17.7 Å². The molecule has 1 heterocycles. The molecule has 1 aromatic carbocycles. The lowest BCUT2D eigenvalue weighted by Crippen LogP contribution is -2.10. The van der Waals surface area contributed by atoms with Crippen LogP contribution >= 0.6 is 0 Å². The molecule has 0 aliphatic rings. The lowest BCUT2D eigenvalue weighted by molar-refractivity contribution is 0.174. The van der Waals surface area contributed by atoms with Gasteiger partial charge < -0.3 is 4.74 Å². The van der Waals surface area contributed by atoms with Crippen LogP contribution in [0.3, 0.4) is 0 Å². The van der Waals surface area contributed by atoms with Gasteiger partial charge >= 0.3 is 6.09 Å². The number of nitrogens with zero attached hydrogens (tertiary/aromatic N) is 1. The number of aromatic nitrogens is 1. The minimum absolute atomic E-state index is 0.0169. The van der Waals surface area contributed by atoms with Gasteiger partial charge in [0.1, 0.15) is 5.82 Å². The van der Waals surface area contributed by atoms with E-state index in [1.54, 1.807) is 0 Å². The zero-order valence-corrected chi connectivity index (χ0v) is 7.83. The number of fused-ring (bicyclic) bond motifs is 1. The third-order valence-electron chi connectivity index (χ3n) is 2.07. The maximum Gasteiger partial charge on any atom is 0.418 e. The van der Waals surface area contributed by atoms with E-state index in [-0.39, 0.29) is 5.52 Å². The molecule has 0 aliphatic carbocycles.